The zero-order chi connectivity index (χ0) is 13.2. The van der Waals surface area contributed by atoms with Crippen molar-refractivity contribution >= 4 is 11.6 Å². The fourth-order valence-electron chi connectivity index (χ4n) is 1.95. The summed E-state index contributed by atoms with van der Waals surface area (Å²) in [6.45, 7) is 8.62. The third kappa shape index (κ3) is 5.35. The van der Waals surface area contributed by atoms with Gasteiger partial charge in [0, 0.05) is 0 Å². The molecule has 0 spiro atoms. The molecule has 0 unspecified atom stereocenters. The minimum atomic E-state index is 1.12. The Bertz CT molecular complexity index is 368. The van der Waals surface area contributed by atoms with Crippen LogP contribution in [-0.4, -0.2) is 0 Å². The Morgan fingerprint density at radius 1 is 1.06 bits per heavy atom. The van der Waals surface area contributed by atoms with Crippen LogP contribution in [0.3, 0.4) is 0 Å². The van der Waals surface area contributed by atoms with Crippen LogP contribution >= 0.6 is 0 Å². The van der Waals surface area contributed by atoms with E-state index in [-0.39, 0.29) is 0 Å². The molecule has 0 saturated heterocycles. The zero-order valence-electron chi connectivity index (χ0n) is 11.9. The van der Waals surface area contributed by atoms with Crippen LogP contribution in [0.2, 0.25) is 0 Å². The molecule has 0 nitrogen and oxygen atoms in total. The van der Waals surface area contributed by atoms with Crippen molar-refractivity contribution in [2.24, 2.45) is 0 Å². The maximum atomic E-state index is 4.18. The third-order valence-corrected chi connectivity index (χ3v) is 3.17. The summed E-state index contributed by atoms with van der Waals surface area (Å²) >= 11 is 0. The first kappa shape index (κ1) is 14.8. The predicted octanol–water partition coefficient (Wildman–Crippen LogP) is 6.09. The molecular weight excluding hydrogens is 216 g/mol. The number of rotatable bonds is 8. The first-order chi connectivity index (χ1) is 8.77. The van der Waals surface area contributed by atoms with E-state index in [1.165, 1.54) is 42.4 Å². The van der Waals surface area contributed by atoms with Crippen molar-refractivity contribution in [1.29, 1.82) is 0 Å². The van der Waals surface area contributed by atoms with Crippen molar-refractivity contribution in [2.75, 3.05) is 0 Å². The van der Waals surface area contributed by atoms with Crippen LogP contribution in [0.15, 0.2) is 36.9 Å². The van der Waals surface area contributed by atoms with Gasteiger partial charge in [-0.2, -0.15) is 0 Å². The molecule has 0 heterocycles. The van der Waals surface area contributed by atoms with Crippen molar-refractivity contribution in [2.45, 2.75) is 52.4 Å². The Hall–Kier alpha value is -1.30. The summed E-state index contributed by atoms with van der Waals surface area (Å²) in [5.41, 5.74) is 3.85. The van der Waals surface area contributed by atoms with Crippen LogP contribution in [0.25, 0.3) is 11.6 Å². The Balaban J connectivity index is 2.51. The molecular formula is C18H26. The van der Waals surface area contributed by atoms with Gasteiger partial charge in [0.15, 0.2) is 0 Å². The molecule has 1 rings (SSSR count). The number of hydrogen-bond donors (Lipinski definition) is 0. The second-order valence-corrected chi connectivity index (χ2v) is 4.87. The van der Waals surface area contributed by atoms with E-state index in [1.54, 1.807) is 0 Å². The molecule has 0 heteroatoms. The van der Waals surface area contributed by atoms with Gasteiger partial charge in [0.25, 0.3) is 0 Å². The number of hydrogen-bond acceptors (Lipinski definition) is 0. The van der Waals surface area contributed by atoms with E-state index in [9.17, 15) is 0 Å². The SMILES string of the molecule is C=C(CCCCC)c1ccc(/C=C/CCC)cc1. The van der Waals surface area contributed by atoms with Gasteiger partial charge in [-0.3, -0.25) is 0 Å². The minimum absolute atomic E-state index is 1.12. The lowest BCUT2D eigenvalue weighted by atomic mass is 10.00. The molecule has 0 radical (unpaired) electrons. The largest absolute Gasteiger partial charge is 0.0952 e. The molecule has 1 aromatic rings. The average molecular weight is 242 g/mol. The first-order valence-corrected chi connectivity index (χ1v) is 7.22. The lowest BCUT2D eigenvalue weighted by Crippen LogP contribution is -1.84. The van der Waals surface area contributed by atoms with Crippen molar-refractivity contribution < 1.29 is 0 Å². The van der Waals surface area contributed by atoms with Gasteiger partial charge < -0.3 is 0 Å². The summed E-state index contributed by atoms with van der Waals surface area (Å²) in [4.78, 5) is 0. The lowest BCUT2D eigenvalue weighted by Gasteiger charge is -2.06. The van der Waals surface area contributed by atoms with E-state index < -0.39 is 0 Å². The van der Waals surface area contributed by atoms with Crippen LogP contribution in [0.5, 0.6) is 0 Å². The molecule has 98 valence electrons. The molecule has 0 aliphatic heterocycles. The highest BCUT2D eigenvalue weighted by Crippen LogP contribution is 2.20. The van der Waals surface area contributed by atoms with Crippen LogP contribution in [-0.2, 0) is 0 Å². The van der Waals surface area contributed by atoms with Crippen molar-refractivity contribution in [3.05, 3.63) is 48.0 Å². The molecule has 0 atom stereocenters. The lowest BCUT2D eigenvalue weighted by molar-refractivity contribution is 0.736. The van der Waals surface area contributed by atoms with Crippen molar-refractivity contribution in [3.63, 3.8) is 0 Å². The molecule has 1 aromatic carbocycles. The quantitative estimate of drug-likeness (QED) is 0.484. The summed E-state index contributed by atoms with van der Waals surface area (Å²) in [5, 5.41) is 0. The fourth-order valence-corrected chi connectivity index (χ4v) is 1.95. The van der Waals surface area contributed by atoms with Gasteiger partial charge in [-0.1, -0.05) is 76.1 Å². The molecule has 0 amide bonds. The molecule has 0 aliphatic carbocycles. The number of allylic oxidation sites excluding steroid dienone is 2. The summed E-state index contributed by atoms with van der Waals surface area (Å²) < 4.78 is 0. The Morgan fingerprint density at radius 3 is 2.39 bits per heavy atom. The number of benzene rings is 1. The van der Waals surface area contributed by atoms with E-state index in [0.717, 1.165) is 12.8 Å². The van der Waals surface area contributed by atoms with Gasteiger partial charge in [0.05, 0.1) is 0 Å². The van der Waals surface area contributed by atoms with Crippen LogP contribution in [0.4, 0.5) is 0 Å². The van der Waals surface area contributed by atoms with Crippen molar-refractivity contribution in [1.82, 2.24) is 0 Å². The van der Waals surface area contributed by atoms with Gasteiger partial charge in [-0.25, -0.2) is 0 Å². The van der Waals surface area contributed by atoms with Gasteiger partial charge in [0.2, 0.25) is 0 Å². The highest BCUT2D eigenvalue weighted by Gasteiger charge is 1.98. The monoisotopic (exact) mass is 242 g/mol. The maximum absolute atomic E-state index is 4.18. The molecule has 0 fully saturated rings. The minimum Gasteiger partial charge on any atom is -0.0952 e. The van der Waals surface area contributed by atoms with Gasteiger partial charge in [0.1, 0.15) is 0 Å². The normalized spacial score (nSPS) is 11.0. The highest BCUT2D eigenvalue weighted by molar-refractivity contribution is 5.65. The standard InChI is InChI=1S/C18H26/c1-4-6-8-10-16(3)18-14-12-17(13-15-18)11-9-7-5-2/h9,11-15H,3-8,10H2,1-2H3/b11-9+. The molecule has 0 aromatic heterocycles. The smallest absolute Gasteiger partial charge is 0.0230 e. The summed E-state index contributed by atoms with van der Waals surface area (Å²) in [6.07, 6.45) is 11.8. The Kier molecular flexibility index (Phi) is 7.17. The second-order valence-electron chi connectivity index (χ2n) is 4.87. The molecule has 18 heavy (non-hydrogen) atoms. The van der Waals surface area contributed by atoms with E-state index in [1.807, 2.05) is 0 Å². The van der Waals surface area contributed by atoms with Gasteiger partial charge >= 0.3 is 0 Å². The maximum Gasteiger partial charge on any atom is -0.0230 e. The fraction of sp³-hybridized carbons (Fsp3) is 0.444. The van der Waals surface area contributed by atoms with Gasteiger partial charge in [-0.15, -0.1) is 0 Å². The van der Waals surface area contributed by atoms with Gasteiger partial charge in [-0.05, 0) is 36.0 Å². The summed E-state index contributed by atoms with van der Waals surface area (Å²) in [7, 11) is 0. The number of unbranched alkanes of at least 4 members (excludes halogenated alkanes) is 3. The van der Waals surface area contributed by atoms with E-state index >= 15 is 0 Å². The highest BCUT2D eigenvalue weighted by atomic mass is 14.0. The van der Waals surface area contributed by atoms with Crippen LogP contribution in [0, 0.1) is 0 Å². The Morgan fingerprint density at radius 2 is 1.78 bits per heavy atom. The van der Waals surface area contributed by atoms with Crippen LogP contribution < -0.4 is 0 Å². The van der Waals surface area contributed by atoms with E-state index in [0.29, 0.717) is 0 Å². The molecule has 0 aliphatic rings. The second kappa shape index (κ2) is 8.74. The Labute approximate surface area is 112 Å². The summed E-state index contributed by atoms with van der Waals surface area (Å²) in [5.74, 6) is 0. The summed E-state index contributed by atoms with van der Waals surface area (Å²) in [6, 6.07) is 8.76. The average Bonchev–Trinajstić information content (AvgIpc) is 2.40. The zero-order valence-corrected chi connectivity index (χ0v) is 11.9. The molecule has 0 saturated carbocycles. The topological polar surface area (TPSA) is 0 Å². The first-order valence-electron chi connectivity index (χ1n) is 7.22. The third-order valence-electron chi connectivity index (χ3n) is 3.17. The predicted molar refractivity (Wildman–Crippen MR) is 83.6 cm³/mol. The van der Waals surface area contributed by atoms with Crippen LogP contribution in [0.1, 0.15) is 63.5 Å². The van der Waals surface area contributed by atoms with E-state index in [2.05, 4.69) is 56.8 Å². The van der Waals surface area contributed by atoms with E-state index in [4.69, 9.17) is 0 Å². The molecule has 0 N–H and O–H groups in total. The molecule has 0 bridgehead atoms. The van der Waals surface area contributed by atoms with Crippen molar-refractivity contribution in [3.8, 4) is 0 Å².